The molecule has 3 heterocycles. The largest absolute Gasteiger partial charge is 0.497 e. The van der Waals surface area contributed by atoms with Crippen LogP contribution in [0.3, 0.4) is 0 Å². The van der Waals surface area contributed by atoms with E-state index in [0.29, 0.717) is 0 Å². The van der Waals surface area contributed by atoms with E-state index in [1.807, 2.05) is 6.07 Å². The summed E-state index contributed by atoms with van der Waals surface area (Å²) in [6.45, 7) is 10.1. The van der Waals surface area contributed by atoms with Crippen LogP contribution in [0.1, 0.15) is 17.5 Å². The molecule has 7 nitrogen and oxygen atoms in total. The number of aryl methyl sites for hydroxylation is 1. The first-order valence-corrected chi connectivity index (χ1v) is 13.0. The third kappa shape index (κ3) is 5.41. The molecule has 2 atom stereocenters. The molecule has 5 rings (SSSR count). The summed E-state index contributed by atoms with van der Waals surface area (Å²) in [6.07, 6.45) is 1.73. The van der Waals surface area contributed by atoms with Crippen LogP contribution in [-0.2, 0) is 16.0 Å². The highest BCUT2D eigenvalue weighted by atomic mass is 16.5. The minimum Gasteiger partial charge on any atom is -0.497 e. The molecule has 0 bridgehead atoms. The average molecular weight is 479 g/mol. The lowest BCUT2D eigenvalue weighted by Gasteiger charge is -2.49. The SMILES string of the molecule is COc1ccc2c(c1)N1CCN(c3ccc(C)cc3)C[C@H]1[C@@H](C(=O)NCCCN1CCOCC1)C2. The van der Waals surface area contributed by atoms with Crippen LogP contribution in [0.5, 0.6) is 5.75 Å². The Balaban J connectivity index is 1.30. The first kappa shape index (κ1) is 23.9. The van der Waals surface area contributed by atoms with Crippen molar-refractivity contribution >= 4 is 17.3 Å². The van der Waals surface area contributed by atoms with E-state index >= 15 is 0 Å². The van der Waals surface area contributed by atoms with E-state index in [1.54, 1.807) is 7.11 Å². The van der Waals surface area contributed by atoms with Gasteiger partial charge in [-0.25, -0.2) is 0 Å². The van der Waals surface area contributed by atoms with Crippen molar-refractivity contribution in [1.82, 2.24) is 10.2 Å². The highest BCUT2D eigenvalue weighted by molar-refractivity contribution is 5.82. The third-order valence-electron chi connectivity index (χ3n) is 7.71. The molecular formula is C28H38N4O3. The fourth-order valence-electron chi connectivity index (χ4n) is 5.66. The van der Waals surface area contributed by atoms with Crippen LogP contribution in [0, 0.1) is 12.8 Å². The van der Waals surface area contributed by atoms with E-state index in [1.165, 1.54) is 22.5 Å². The minimum absolute atomic E-state index is 0.0764. The Morgan fingerprint density at radius 3 is 2.66 bits per heavy atom. The number of hydrogen-bond donors (Lipinski definition) is 1. The van der Waals surface area contributed by atoms with Gasteiger partial charge in [0, 0.05) is 56.7 Å². The zero-order valence-corrected chi connectivity index (χ0v) is 21.0. The van der Waals surface area contributed by atoms with Crippen LogP contribution in [0.4, 0.5) is 11.4 Å². The minimum atomic E-state index is -0.0764. The Hall–Kier alpha value is -2.77. The van der Waals surface area contributed by atoms with E-state index < -0.39 is 0 Å². The number of carbonyl (C=O) groups excluding carboxylic acids is 1. The number of ether oxygens (including phenoxy) is 2. The van der Waals surface area contributed by atoms with Crippen LogP contribution in [0.25, 0.3) is 0 Å². The number of morpholine rings is 1. The fourth-order valence-corrected chi connectivity index (χ4v) is 5.66. The molecular weight excluding hydrogens is 440 g/mol. The van der Waals surface area contributed by atoms with Crippen molar-refractivity contribution in [2.75, 3.05) is 75.9 Å². The van der Waals surface area contributed by atoms with E-state index in [9.17, 15) is 4.79 Å². The molecule has 2 aromatic rings. The molecule has 1 N–H and O–H groups in total. The standard InChI is InChI=1S/C28H38N4O3/c1-21-4-7-23(8-5-21)31-12-13-32-26-19-24(34-2)9-6-22(26)18-25(27(32)20-31)28(33)29-10-3-11-30-14-16-35-17-15-30/h4-9,19,25,27H,3,10-18,20H2,1-2H3,(H,29,33)/t25-,27-/m0/s1. The first-order chi connectivity index (χ1) is 17.1. The lowest BCUT2D eigenvalue weighted by Crippen LogP contribution is -2.61. The maximum Gasteiger partial charge on any atom is 0.225 e. The van der Waals surface area contributed by atoms with Gasteiger partial charge in [0.1, 0.15) is 5.75 Å². The molecule has 2 fully saturated rings. The van der Waals surface area contributed by atoms with Gasteiger partial charge in [0.15, 0.2) is 0 Å². The number of methoxy groups -OCH3 is 1. The second-order valence-corrected chi connectivity index (χ2v) is 9.95. The summed E-state index contributed by atoms with van der Waals surface area (Å²) >= 11 is 0. The summed E-state index contributed by atoms with van der Waals surface area (Å²) in [5, 5.41) is 3.27. The van der Waals surface area contributed by atoms with Crippen LogP contribution in [0.15, 0.2) is 42.5 Å². The number of nitrogens with one attached hydrogen (secondary N) is 1. The topological polar surface area (TPSA) is 57.3 Å². The Bertz CT molecular complexity index is 1010. The average Bonchev–Trinajstić information content (AvgIpc) is 2.91. The molecule has 3 aliphatic heterocycles. The van der Waals surface area contributed by atoms with Gasteiger partial charge in [-0.2, -0.15) is 0 Å². The summed E-state index contributed by atoms with van der Waals surface area (Å²) in [4.78, 5) is 20.8. The maximum atomic E-state index is 13.5. The van der Waals surface area contributed by atoms with Gasteiger partial charge in [-0.15, -0.1) is 0 Å². The van der Waals surface area contributed by atoms with Crippen molar-refractivity contribution in [3.63, 3.8) is 0 Å². The zero-order valence-electron chi connectivity index (χ0n) is 21.0. The second-order valence-electron chi connectivity index (χ2n) is 9.95. The lowest BCUT2D eigenvalue weighted by molar-refractivity contribution is -0.125. The number of fused-ring (bicyclic) bond motifs is 3. The van der Waals surface area contributed by atoms with Crippen molar-refractivity contribution in [2.24, 2.45) is 5.92 Å². The van der Waals surface area contributed by atoms with E-state index in [-0.39, 0.29) is 17.9 Å². The Morgan fingerprint density at radius 1 is 1.09 bits per heavy atom. The van der Waals surface area contributed by atoms with Gasteiger partial charge in [0.05, 0.1) is 32.3 Å². The van der Waals surface area contributed by atoms with Crippen LogP contribution in [0.2, 0.25) is 0 Å². The molecule has 1 amide bonds. The predicted octanol–water partition coefficient (Wildman–Crippen LogP) is 2.71. The third-order valence-corrected chi connectivity index (χ3v) is 7.71. The second kappa shape index (κ2) is 10.9. The van der Waals surface area contributed by atoms with Gasteiger partial charge in [-0.05, 0) is 50.1 Å². The molecule has 0 unspecified atom stereocenters. The number of rotatable bonds is 7. The molecule has 188 valence electrons. The highest BCUT2D eigenvalue weighted by Crippen LogP contribution is 2.39. The zero-order chi connectivity index (χ0) is 24.2. The molecule has 35 heavy (non-hydrogen) atoms. The van der Waals surface area contributed by atoms with Crippen LogP contribution >= 0.6 is 0 Å². The molecule has 0 aliphatic carbocycles. The van der Waals surface area contributed by atoms with Gasteiger partial charge in [-0.1, -0.05) is 23.8 Å². The summed E-state index contributed by atoms with van der Waals surface area (Å²) in [5.74, 6) is 0.969. The fraction of sp³-hybridized carbons (Fsp3) is 0.536. The van der Waals surface area contributed by atoms with Crippen molar-refractivity contribution < 1.29 is 14.3 Å². The molecule has 3 aliphatic rings. The quantitative estimate of drug-likeness (QED) is 0.618. The molecule has 0 radical (unpaired) electrons. The highest BCUT2D eigenvalue weighted by Gasteiger charge is 2.41. The van der Waals surface area contributed by atoms with Crippen molar-refractivity contribution in [3.05, 3.63) is 53.6 Å². The van der Waals surface area contributed by atoms with Crippen molar-refractivity contribution in [2.45, 2.75) is 25.8 Å². The Labute approximate surface area is 209 Å². The van der Waals surface area contributed by atoms with Gasteiger partial charge in [0.25, 0.3) is 0 Å². The number of piperazine rings is 1. The van der Waals surface area contributed by atoms with Gasteiger partial charge < -0.3 is 24.6 Å². The summed E-state index contributed by atoms with van der Waals surface area (Å²) in [5.41, 5.74) is 4.95. The summed E-state index contributed by atoms with van der Waals surface area (Å²) < 4.78 is 11.0. The number of carbonyl (C=O) groups is 1. The normalized spacial score (nSPS) is 22.3. The molecule has 7 heteroatoms. The van der Waals surface area contributed by atoms with E-state index in [2.05, 4.69) is 63.3 Å². The van der Waals surface area contributed by atoms with Crippen molar-refractivity contribution in [3.8, 4) is 5.75 Å². The summed E-state index contributed by atoms with van der Waals surface area (Å²) in [7, 11) is 1.71. The molecule has 0 spiro atoms. The number of anilines is 2. The predicted molar refractivity (Wildman–Crippen MR) is 140 cm³/mol. The number of hydrogen-bond acceptors (Lipinski definition) is 6. The molecule has 0 aromatic heterocycles. The summed E-state index contributed by atoms with van der Waals surface area (Å²) in [6, 6.07) is 15.2. The smallest absolute Gasteiger partial charge is 0.225 e. The number of benzene rings is 2. The van der Waals surface area contributed by atoms with E-state index in [0.717, 1.165) is 77.6 Å². The monoisotopic (exact) mass is 478 g/mol. The van der Waals surface area contributed by atoms with Crippen LogP contribution < -0.4 is 19.9 Å². The number of amides is 1. The first-order valence-electron chi connectivity index (χ1n) is 13.0. The van der Waals surface area contributed by atoms with Gasteiger partial charge in [-0.3, -0.25) is 9.69 Å². The van der Waals surface area contributed by atoms with Crippen molar-refractivity contribution in [1.29, 1.82) is 0 Å². The maximum absolute atomic E-state index is 13.5. The number of nitrogens with zero attached hydrogens (tertiary/aromatic N) is 3. The van der Waals surface area contributed by atoms with Crippen LogP contribution in [-0.4, -0.2) is 83.0 Å². The van der Waals surface area contributed by atoms with Gasteiger partial charge >= 0.3 is 0 Å². The molecule has 2 aromatic carbocycles. The molecule has 0 saturated carbocycles. The lowest BCUT2D eigenvalue weighted by atomic mass is 9.83. The molecule has 2 saturated heterocycles. The van der Waals surface area contributed by atoms with E-state index in [4.69, 9.17) is 9.47 Å². The van der Waals surface area contributed by atoms with Gasteiger partial charge in [0.2, 0.25) is 5.91 Å². The Kier molecular flexibility index (Phi) is 7.44. The Morgan fingerprint density at radius 2 is 1.89 bits per heavy atom.